The monoisotopic (exact) mass is 323 g/mol. The molecule has 0 aliphatic rings. The third-order valence-electron chi connectivity index (χ3n) is 3.07. The summed E-state index contributed by atoms with van der Waals surface area (Å²) in [5.41, 5.74) is 4.98. The van der Waals surface area contributed by atoms with Crippen molar-refractivity contribution in [2.75, 3.05) is 5.32 Å². The van der Waals surface area contributed by atoms with Crippen molar-refractivity contribution in [2.24, 2.45) is 0 Å². The molecule has 0 amide bonds. The molecule has 2 rings (SSSR count). The Kier molecular flexibility index (Phi) is 4.31. The van der Waals surface area contributed by atoms with Crippen LogP contribution in [0.25, 0.3) is 0 Å². The Labute approximate surface area is 121 Å². The predicted octanol–water partition coefficient (Wildman–Crippen LogP) is 5.33. The molecule has 3 heteroatoms. The van der Waals surface area contributed by atoms with Crippen LogP contribution in [-0.4, -0.2) is 0 Å². The van der Waals surface area contributed by atoms with Crippen molar-refractivity contribution in [1.82, 2.24) is 0 Å². The highest BCUT2D eigenvalue weighted by Gasteiger charge is 2.02. The van der Waals surface area contributed by atoms with Crippen LogP contribution < -0.4 is 5.32 Å². The van der Waals surface area contributed by atoms with E-state index in [0.29, 0.717) is 0 Å². The Morgan fingerprint density at radius 3 is 2.67 bits per heavy atom. The van der Waals surface area contributed by atoms with Crippen LogP contribution in [0.2, 0.25) is 5.02 Å². The first-order valence-electron chi connectivity index (χ1n) is 5.82. The first kappa shape index (κ1) is 13.4. The molecule has 0 spiro atoms. The van der Waals surface area contributed by atoms with Crippen LogP contribution >= 0.6 is 27.5 Å². The second-order valence-electron chi connectivity index (χ2n) is 4.35. The Balaban J connectivity index is 2.11. The zero-order valence-corrected chi connectivity index (χ0v) is 12.8. The van der Waals surface area contributed by atoms with Crippen molar-refractivity contribution in [3.8, 4) is 0 Å². The Hall–Kier alpha value is -0.990. The maximum Gasteiger partial charge on any atom is 0.0548 e. The molecule has 0 radical (unpaired) electrons. The second kappa shape index (κ2) is 5.77. The molecule has 1 nitrogen and oxygen atoms in total. The van der Waals surface area contributed by atoms with Crippen molar-refractivity contribution < 1.29 is 0 Å². The summed E-state index contributed by atoms with van der Waals surface area (Å²) in [6.07, 6.45) is 0. The summed E-state index contributed by atoms with van der Waals surface area (Å²) >= 11 is 9.42. The summed E-state index contributed by atoms with van der Waals surface area (Å²) in [5, 5.41) is 4.19. The molecule has 2 aromatic carbocycles. The van der Waals surface area contributed by atoms with Crippen molar-refractivity contribution in [2.45, 2.75) is 20.4 Å². The summed E-state index contributed by atoms with van der Waals surface area (Å²) in [6, 6.07) is 12.3. The summed E-state index contributed by atoms with van der Waals surface area (Å²) in [7, 11) is 0. The number of nitrogens with one attached hydrogen (secondary N) is 1. The van der Waals surface area contributed by atoms with E-state index in [-0.39, 0.29) is 0 Å². The molecule has 0 fully saturated rings. The first-order chi connectivity index (χ1) is 8.58. The molecule has 0 aliphatic carbocycles. The highest BCUT2D eigenvalue weighted by atomic mass is 79.9. The molecule has 0 bridgehead atoms. The van der Waals surface area contributed by atoms with Crippen LogP contribution in [0.1, 0.15) is 16.7 Å². The lowest BCUT2D eigenvalue weighted by molar-refractivity contribution is 1.13. The summed E-state index contributed by atoms with van der Waals surface area (Å²) < 4.78 is 0.935. The van der Waals surface area contributed by atoms with E-state index in [1.807, 2.05) is 18.2 Å². The summed E-state index contributed by atoms with van der Waals surface area (Å²) in [6.45, 7) is 5.05. The van der Waals surface area contributed by atoms with Crippen LogP contribution in [-0.2, 0) is 6.54 Å². The van der Waals surface area contributed by atoms with Crippen LogP contribution in [0.5, 0.6) is 0 Å². The van der Waals surface area contributed by atoms with Gasteiger partial charge in [-0.1, -0.05) is 29.8 Å². The largest absolute Gasteiger partial charge is 0.381 e. The maximum atomic E-state index is 5.98. The average molecular weight is 325 g/mol. The lowest BCUT2D eigenvalue weighted by Crippen LogP contribution is -2.01. The number of rotatable bonds is 3. The molecule has 0 aliphatic heterocycles. The van der Waals surface area contributed by atoms with E-state index in [9.17, 15) is 0 Å². The van der Waals surface area contributed by atoms with Gasteiger partial charge in [0.1, 0.15) is 0 Å². The highest BCUT2D eigenvalue weighted by Crippen LogP contribution is 2.24. The van der Waals surface area contributed by atoms with Gasteiger partial charge in [0.2, 0.25) is 0 Å². The van der Waals surface area contributed by atoms with Gasteiger partial charge in [-0.15, -0.1) is 0 Å². The lowest BCUT2D eigenvalue weighted by atomic mass is 10.1. The molecule has 0 heterocycles. The highest BCUT2D eigenvalue weighted by molar-refractivity contribution is 9.10. The fourth-order valence-electron chi connectivity index (χ4n) is 1.79. The minimum atomic E-state index is 0.741. The molecule has 1 N–H and O–H groups in total. The summed E-state index contributed by atoms with van der Waals surface area (Å²) in [5.74, 6) is 0. The fraction of sp³-hybridized carbons (Fsp3) is 0.200. The van der Waals surface area contributed by atoms with E-state index in [4.69, 9.17) is 11.6 Å². The van der Waals surface area contributed by atoms with Crippen LogP contribution in [0.15, 0.2) is 40.9 Å². The van der Waals surface area contributed by atoms with Gasteiger partial charge in [-0.2, -0.15) is 0 Å². The van der Waals surface area contributed by atoms with E-state index >= 15 is 0 Å². The number of aryl methyl sites for hydroxylation is 1. The van der Waals surface area contributed by atoms with Crippen molar-refractivity contribution in [3.63, 3.8) is 0 Å². The van der Waals surface area contributed by atoms with E-state index < -0.39 is 0 Å². The van der Waals surface area contributed by atoms with Gasteiger partial charge in [-0.25, -0.2) is 0 Å². The molecule has 0 saturated heterocycles. The van der Waals surface area contributed by atoms with E-state index in [1.54, 1.807) is 0 Å². The van der Waals surface area contributed by atoms with E-state index in [1.165, 1.54) is 22.4 Å². The molecular formula is C15H15BrClN. The lowest BCUT2D eigenvalue weighted by Gasteiger charge is -2.11. The van der Waals surface area contributed by atoms with E-state index in [2.05, 4.69) is 53.3 Å². The molecule has 0 atom stereocenters. The third kappa shape index (κ3) is 3.06. The van der Waals surface area contributed by atoms with Gasteiger partial charge in [0, 0.05) is 16.7 Å². The van der Waals surface area contributed by atoms with Crippen molar-refractivity contribution >= 4 is 33.2 Å². The van der Waals surface area contributed by atoms with Gasteiger partial charge < -0.3 is 5.32 Å². The van der Waals surface area contributed by atoms with Crippen LogP contribution in [0, 0.1) is 13.8 Å². The van der Waals surface area contributed by atoms with Crippen molar-refractivity contribution in [1.29, 1.82) is 0 Å². The predicted molar refractivity (Wildman–Crippen MR) is 82.4 cm³/mol. The Morgan fingerprint density at radius 2 is 1.94 bits per heavy atom. The molecule has 0 unspecified atom stereocenters. The number of benzene rings is 2. The fourth-order valence-corrected chi connectivity index (χ4v) is 2.33. The van der Waals surface area contributed by atoms with Gasteiger partial charge in [-0.3, -0.25) is 0 Å². The van der Waals surface area contributed by atoms with Crippen LogP contribution in [0.4, 0.5) is 5.69 Å². The number of hydrogen-bond donors (Lipinski definition) is 1. The molecule has 2 aromatic rings. The Bertz CT molecular complexity index is 566. The normalized spacial score (nSPS) is 10.4. The van der Waals surface area contributed by atoms with E-state index in [0.717, 1.165) is 16.0 Å². The molecule has 94 valence electrons. The topological polar surface area (TPSA) is 12.0 Å². The minimum absolute atomic E-state index is 0.741. The first-order valence-corrected chi connectivity index (χ1v) is 6.99. The number of anilines is 1. The zero-order valence-electron chi connectivity index (χ0n) is 10.4. The number of hydrogen-bond acceptors (Lipinski definition) is 1. The van der Waals surface area contributed by atoms with Gasteiger partial charge in [-0.05, 0) is 64.7 Å². The molecule has 0 aromatic heterocycles. The molecule has 18 heavy (non-hydrogen) atoms. The minimum Gasteiger partial charge on any atom is -0.381 e. The zero-order chi connectivity index (χ0) is 13.1. The van der Waals surface area contributed by atoms with Gasteiger partial charge >= 0.3 is 0 Å². The smallest absolute Gasteiger partial charge is 0.0548 e. The SMILES string of the molecule is Cc1cccc(NCc2ccc(Cl)c(Br)c2)c1C. The summed E-state index contributed by atoms with van der Waals surface area (Å²) in [4.78, 5) is 0. The van der Waals surface area contributed by atoms with Gasteiger partial charge in [0.15, 0.2) is 0 Å². The standard InChI is InChI=1S/C15H15BrClN/c1-10-4-3-5-15(11(10)2)18-9-12-6-7-14(17)13(16)8-12/h3-8,18H,9H2,1-2H3. The average Bonchev–Trinajstić information content (AvgIpc) is 2.35. The third-order valence-corrected chi connectivity index (χ3v) is 4.29. The van der Waals surface area contributed by atoms with Gasteiger partial charge in [0.25, 0.3) is 0 Å². The Morgan fingerprint density at radius 1 is 1.17 bits per heavy atom. The molecule has 0 saturated carbocycles. The maximum absolute atomic E-state index is 5.98. The van der Waals surface area contributed by atoms with Crippen molar-refractivity contribution in [3.05, 3.63) is 62.6 Å². The molecular weight excluding hydrogens is 310 g/mol. The quantitative estimate of drug-likeness (QED) is 0.804. The van der Waals surface area contributed by atoms with Crippen LogP contribution in [0.3, 0.4) is 0 Å². The van der Waals surface area contributed by atoms with Gasteiger partial charge in [0.05, 0.1) is 5.02 Å². The second-order valence-corrected chi connectivity index (χ2v) is 5.61. The number of halogens is 2.